The molecule has 1 aliphatic rings. The summed E-state index contributed by atoms with van der Waals surface area (Å²) in [6.45, 7) is 3.08. The highest BCUT2D eigenvalue weighted by molar-refractivity contribution is 4.95. The maximum atomic E-state index is 5.65. The summed E-state index contributed by atoms with van der Waals surface area (Å²) in [5.41, 5.74) is 0. The molecule has 0 aromatic carbocycles. The average Bonchev–Trinajstić information content (AvgIpc) is 3.03. The third-order valence-corrected chi connectivity index (χ3v) is 3.10. The Morgan fingerprint density at radius 3 is 3.28 bits per heavy atom. The molecule has 2 rings (SSSR count). The van der Waals surface area contributed by atoms with E-state index < -0.39 is 0 Å². The Balaban J connectivity index is 1.65. The van der Waals surface area contributed by atoms with Crippen molar-refractivity contribution in [2.45, 2.75) is 38.3 Å². The van der Waals surface area contributed by atoms with Gasteiger partial charge in [0.1, 0.15) is 5.76 Å². The molecule has 1 fully saturated rings. The number of oxazole rings is 1. The first kappa shape index (κ1) is 13.5. The minimum absolute atomic E-state index is 0.415. The van der Waals surface area contributed by atoms with Gasteiger partial charge in [0, 0.05) is 26.7 Å². The lowest BCUT2D eigenvalue weighted by molar-refractivity contribution is 0.103. The fourth-order valence-electron chi connectivity index (χ4n) is 2.09. The number of rotatable bonds is 8. The number of nitrogens with one attached hydrogen (secondary N) is 1. The van der Waals surface area contributed by atoms with E-state index in [1.54, 1.807) is 7.11 Å². The number of aromatic nitrogens is 1. The number of nitrogens with zero attached hydrogens (tertiary/aromatic N) is 1. The number of hydrogen-bond acceptors (Lipinski definition) is 5. The van der Waals surface area contributed by atoms with Crippen LogP contribution in [-0.2, 0) is 22.4 Å². The van der Waals surface area contributed by atoms with Crippen molar-refractivity contribution in [1.82, 2.24) is 10.3 Å². The van der Waals surface area contributed by atoms with Crippen LogP contribution >= 0.6 is 0 Å². The Morgan fingerprint density at radius 1 is 1.56 bits per heavy atom. The minimum atomic E-state index is 0.415. The quantitative estimate of drug-likeness (QED) is 0.713. The normalized spacial score (nSPS) is 19.5. The highest BCUT2D eigenvalue weighted by Gasteiger charge is 2.16. The first-order chi connectivity index (χ1) is 8.88. The summed E-state index contributed by atoms with van der Waals surface area (Å²) in [6.07, 6.45) is 6.55. The van der Waals surface area contributed by atoms with Gasteiger partial charge < -0.3 is 19.2 Å². The van der Waals surface area contributed by atoms with Gasteiger partial charge in [0.05, 0.1) is 25.5 Å². The van der Waals surface area contributed by atoms with Crippen LogP contribution < -0.4 is 5.32 Å². The third-order valence-electron chi connectivity index (χ3n) is 3.10. The zero-order valence-corrected chi connectivity index (χ0v) is 11.0. The van der Waals surface area contributed by atoms with Gasteiger partial charge in [-0.05, 0) is 19.3 Å². The molecule has 0 aliphatic carbocycles. The Hall–Kier alpha value is -0.910. The third kappa shape index (κ3) is 4.40. The molecule has 0 bridgehead atoms. The predicted octanol–water partition coefficient (Wildman–Crippen LogP) is 1.52. The molecule has 1 saturated heterocycles. The summed E-state index contributed by atoms with van der Waals surface area (Å²) in [5, 5.41) is 3.21. The second kappa shape index (κ2) is 7.51. The summed E-state index contributed by atoms with van der Waals surface area (Å²) < 4.78 is 16.2. The molecule has 5 nitrogen and oxygen atoms in total. The topological polar surface area (TPSA) is 56.5 Å². The highest BCUT2D eigenvalue weighted by Crippen LogP contribution is 2.18. The summed E-state index contributed by atoms with van der Waals surface area (Å²) in [4.78, 5) is 4.25. The summed E-state index contributed by atoms with van der Waals surface area (Å²) in [6, 6.07) is 0. The lowest BCUT2D eigenvalue weighted by Crippen LogP contribution is -2.18. The molecule has 0 saturated carbocycles. The molecule has 1 aromatic rings. The second-order valence-electron chi connectivity index (χ2n) is 4.56. The van der Waals surface area contributed by atoms with Crippen LogP contribution in [0, 0.1) is 0 Å². The van der Waals surface area contributed by atoms with E-state index in [-0.39, 0.29) is 0 Å². The monoisotopic (exact) mass is 254 g/mol. The van der Waals surface area contributed by atoms with Gasteiger partial charge in [-0.3, -0.25) is 0 Å². The van der Waals surface area contributed by atoms with Gasteiger partial charge in [-0.25, -0.2) is 4.98 Å². The highest BCUT2D eigenvalue weighted by atomic mass is 16.5. The van der Waals surface area contributed by atoms with Crippen molar-refractivity contribution < 1.29 is 13.9 Å². The minimum Gasteiger partial charge on any atom is -0.444 e. The second-order valence-corrected chi connectivity index (χ2v) is 4.56. The molecule has 1 aromatic heterocycles. The summed E-state index contributed by atoms with van der Waals surface area (Å²) >= 11 is 0. The maximum absolute atomic E-state index is 5.65. The molecule has 1 N–H and O–H groups in total. The smallest absolute Gasteiger partial charge is 0.208 e. The number of ether oxygens (including phenoxy) is 2. The molecule has 0 amide bonds. The lowest BCUT2D eigenvalue weighted by atomic mass is 10.1. The molecule has 102 valence electrons. The maximum Gasteiger partial charge on any atom is 0.208 e. The van der Waals surface area contributed by atoms with Crippen LogP contribution in [0.1, 0.15) is 30.9 Å². The van der Waals surface area contributed by atoms with Gasteiger partial charge in [-0.15, -0.1) is 0 Å². The van der Waals surface area contributed by atoms with Crippen LogP contribution in [-0.4, -0.2) is 38.0 Å². The Labute approximate surface area is 108 Å². The first-order valence-corrected chi connectivity index (χ1v) is 6.63. The van der Waals surface area contributed by atoms with E-state index in [1.165, 1.54) is 12.8 Å². The molecule has 2 heterocycles. The van der Waals surface area contributed by atoms with Gasteiger partial charge in [-0.2, -0.15) is 0 Å². The predicted molar refractivity (Wildman–Crippen MR) is 67.4 cm³/mol. The van der Waals surface area contributed by atoms with Crippen molar-refractivity contribution in [2.24, 2.45) is 0 Å². The van der Waals surface area contributed by atoms with E-state index in [1.807, 2.05) is 6.20 Å². The number of methoxy groups -OCH3 is 1. The van der Waals surface area contributed by atoms with E-state index in [9.17, 15) is 0 Å². The lowest BCUT2D eigenvalue weighted by Gasteiger charge is -2.06. The van der Waals surface area contributed by atoms with Crippen LogP contribution in [0.25, 0.3) is 0 Å². The number of aryl methyl sites for hydroxylation is 1. The van der Waals surface area contributed by atoms with Crippen molar-refractivity contribution in [2.75, 3.05) is 26.9 Å². The van der Waals surface area contributed by atoms with Gasteiger partial charge >= 0.3 is 0 Å². The zero-order chi connectivity index (χ0) is 12.6. The van der Waals surface area contributed by atoms with Crippen LogP contribution in [0.3, 0.4) is 0 Å². The fourth-order valence-corrected chi connectivity index (χ4v) is 2.09. The van der Waals surface area contributed by atoms with Crippen molar-refractivity contribution in [3.8, 4) is 0 Å². The van der Waals surface area contributed by atoms with E-state index in [0.717, 1.165) is 37.6 Å². The Kier molecular flexibility index (Phi) is 5.64. The zero-order valence-electron chi connectivity index (χ0n) is 11.0. The molecule has 5 heteroatoms. The molecule has 1 atom stereocenters. The molecule has 0 spiro atoms. The summed E-state index contributed by atoms with van der Waals surface area (Å²) in [5.74, 6) is 1.70. The van der Waals surface area contributed by atoms with E-state index >= 15 is 0 Å². The molecular weight excluding hydrogens is 232 g/mol. The van der Waals surface area contributed by atoms with Crippen LogP contribution in [0.4, 0.5) is 0 Å². The van der Waals surface area contributed by atoms with E-state index in [0.29, 0.717) is 19.3 Å². The van der Waals surface area contributed by atoms with E-state index in [4.69, 9.17) is 13.9 Å². The van der Waals surface area contributed by atoms with E-state index in [2.05, 4.69) is 10.3 Å². The SMILES string of the molecule is COCCNCc1ncc(CCC2CCCO2)o1. The van der Waals surface area contributed by atoms with Crippen molar-refractivity contribution in [1.29, 1.82) is 0 Å². The van der Waals surface area contributed by atoms with Crippen LogP contribution in [0.2, 0.25) is 0 Å². The van der Waals surface area contributed by atoms with Crippen molar-refractivity contribution >= 4 is 0 Å². The fraction of sp³-hybridized carbons (Fsp3) is 0.769. The molecule has 1 aliphatic heterocycles. The Bertz CT molecular complexity index is 335. The summed E-state index contributed by atoms with van der Waals surface area (Å²) in [7, 11) is 1.69. The molecular formula is C13H22N2O3. The van der Waals surface area contributed by atoms with Crippen LogP contribution in [0.5, 0.6) is 0 Å². The van der Waals surface area contributed by atoms with Gasteiger partial charge in [0.15, 0.2) is 0 Å². The van der Waals surface area contributed by atoms with Crippen molar-refractivity contribution in [3.05, 3.63) is 17.8 Å². The largest absolute Gasteiger partial charge is 0.444 e. The van der Waals surface area contributed by atoms with Gasteiger partial charge in [-0.1, -0.05) is 0 Å². The van der Waals surface area contributed by atoms with Crippen LogP contribution in [0.15, 0.2) is 10.6 Å². The Morgan fingerprint density at radius 2 is 2.50 bits per heavy atom. The molecule has 18 heavy (non-hydrogen) atoms. The van der Waals surface area contributed by atoms with Crippen molar-refractivity contribution in [3.63, 3.8) is 0 Å². The van der Waals surface area contributed by atoms with Gasteiger partial charge in [0.25, 0.3) is 0 Å². The molecule has 0 radical (unpaired) electrons. The van der Waals surface area contributed by atoms with Gasteiger partial charge in [0.2, 0.25) is 5.89 Å². The first-order valence-electron chi connectivity index (χ1n) is 6.63. The average molecular weight is 254 g/mol. The standard InChI is InChI=1S/C13H22N2O3/c1-16-8-6-14-10-13-15-9-12(18-13)5-4-11-3-2-7-17-11/h9,11,14H,2-8,10H2,1H3. The molecule has 1 unspecified atom stereocenters. The number of hydrogen-bond donors (Lipinski definition) is 1.